The number of benzene rings is 1. The molecule has 0 aliphatic carbocycles. The van der Waals surface area contributed by atoms with Gasteiger partial charge in [0, 0.05) is 37.3 Å². The minimum Gasteiger partial charge on any atom is -0.393 e. The SMILES string of the molecule is CC(C)(O)CCn1cc2cc([N+](=O)[O-])c(N3CCC(O)CC3)cc2n1. The monoisotopic (exact) mass is 348 g/mol. The van der Waals surface area contributed by atoms with Gasteiger partial charge >= 0.3 is 0 Å². The maximum absolute atomic E-state index is 11.5. The van der Waals surface area contributed by atoms with Crippen molar-refractivity contribution in [3.8, 4) is 0 Å². The van der Waals surface area contributed by atoms with E-state index in [0.29, 0.717) is 55.5 Å². The molecule has 8 nitrogen and oxygen atoms in total. The lowest BCUT2D eigenvalue weighted by molar-refractivity contribution is -0.384. The Hall–Kier alpha value is -2.19. The first-order valence-corrected chi connectivity index (χ1v) is 8.54. The summed E-state index contributed by atoms with van der Waals surface area (Å²) in [5.41, 5.74) is 0.523. The van der Waals surface area contributed by atoms with Crippen molar-refractivity contribution in [2.75, 3.05) is 18.0 Å². The van der Waals surface area contributed by atoms with Crippen LogP contribution in [-0.4, -0.2) is 49.7 Å². The van der Waals surface area contributed by atoms with Gasteiger partial charge in [-0.15, -0.1) is 0 Å². The molecule has 1 aromatic heterocycles. The van der Waals surface area contributed by atoms with Crippen LogP contribution in [0.5, 0.6) is 0 Å². The molecule has 1 aliphatic rings. The number of fused-ring (bicyclic) bond motifs is 1. The molecule has 1 aliphatic heterocycles. The van der Waals surface area contributed by atoms with Crippen LogP contribution in [0.4, 0.5) is 11.4 Å². The van der Waals surface area contributed by atoms with Crippen LogP contribution in [0.25, 0.3) is 10.9 Å². The van der Waals surface area contributed by atoms with E-state index in [1.807, 2.05) is 4.90 Å². The van der Waals surface area contributed by atoms with Gasteiger partial charge in [0.25, 0.3) is 5.69 Å². The van der Waals surface area contributed by atoms with Crippen molar-refractivity contribution in [2.24, 2.45) is 0 Å². The van der Waals surface area contributed by atoms with Crippen LogP contribution in [0, 0.1) is 10.1 Å². The standard InChI is InChI=1S/C17H24N4O4/c1-17(2,23)5-8-20-11-12-9-16(21(24)25)15(10-14(12)18-20)19-6-3-13(22)4-7-19/h9-11,13,22-23H,3-8H2,1-2H3. The Bertz CT molecular complexity index is 773. The minimum atomic E-state index is -0.788. The van der Waals surface area contributed by atoms with Gasteiger partial charge in [-0.1, -0.05) is 0 Å². The van der Waals surface area contributed by atoms with E-state index in [1.54, 1.807) is 36.9 Å². The molecule has 1 saturated heterocycles. The van der Waals surface area contributed by atoms with Crippen molar-refractivity contribution in [3.05, 3.63) is 28.4 Å². The van der Waals surface area contributed by atoms with E-state index in [4.69, 9.17) is 0 Å². The van der Waals surface area contributed by atoms with E-state index in [2.05, 4.69) is 5.10 Å². The highest BCUT2D eigenvalue weighted by Gasteiger charge is 2.25. The number of aromatic nitrogens is 2. The smallest absolute Gasteiger partial charge is 0.293 e. The first kappa shape index (κ1) is 17.6. The molecule has 0 amide bonds. The molecule has 0 atom stereocenters. The lowest BCUT2D eigenvalue weighted by Crippen LogP contribution is -2.36. The molecule has 0 saturated carbocycles. The number of hydrogen-bond donors (Lipinski definition) is 2. The number of piperidine rings is 1. The van der Waals surface area contributed by atoms with Crippen LogP contribution < -0.4 is 4.90 Å². The van der Waals surface area contributed by atoms with Crippen LogP contribution in [0.15, 0.2) is 18.3 Å². The second-order valence-corrected chi connectivity index (χ2v) is 7.33. The van der Waals surface area contributed by atoms with Gasteiger partial charge in [0.15, 0.2) is 0 Å². The molecule has 0 radical (unpaired) electrons. The number of aryl methyl sites for hydroxylation is 1. The van der Waals surface area contributed by atoms with Crippen LogP contribution >= 0.6 is 0 Å². The quantitative estimate of drug-likeness (QED) is 0.633. The summed E-state index contributed by atoms with van der Waals surface area (Å²) in [5, 5.41) is 36.2. The fourth-order valence-corrected chi connectivity index (χ4v) is 3.11. The molecule has 0 spiro atoms. The van der Waals surface area contributed by atoms with Crippen molar-refractivity contribution < 1.29 is 15.1 Å². The number of rotatable bonds is 5. The molecule has 25 heavy (non-hydrogen) atoms. The number of nitro groups is 1. The Labute approximate surface area is 145 Å². The van der Waals surface area contributed by atoms with E-state index >= 15 is 0 Å². The highest BCUT2D eigenvalue weighted by Crippen LogP contribution is 2.34. The second kappa shape index (κ2) is 6.61. The Morgan fingerprint density at radius 2 is 2.04 bits per heavy atom. The number of nitro benzene ring substituents is 1. The number of aliphatic hydroxyl groups is 2. The molecule has 1 fully saturated rings. The van der Waals surface area contributed by atoms with Gasteiger partial charge in [-0.25, -0.2) is 0 Å². The highest BCUT2D eigenvalue weighted by atomic mass is 16.6. The van der Waals surface area contributed by atoms with Crippen molar-refractivity contribution in [1.29, 1.82) is 0 Å². The molecule has 0 unspecified atom stereocenters. The van der Waals surface area contributed by atoms with Gasteiger partial charge < -0.3 is 15.1 Å². The summed E-state index contributed by atoms with van der Waals surface area (Å²) < 4.78 is 1.72. The predicted molar refractivity (Wildman–Crippen MR) is 94.8 cm³/mol. The van der Waals surface area contributed by atoms with E-state index in [0.717, 1.165) is 0 Å². The molecular formula is C17H24N4O4. The van der Waals surface area contributed by atoms with Gasteiger partial charge in [-0.3, -0.25) is 14.8 Å². The van der Waals surface area contributed by atoms with Crippen LogP contribution in [0.1, 0.15) is 33.1 Å². The van der Waals surface area contributed by atoms with E-state index < -0.39 is 5.60 Å². The fourth-order valence-electron chi connectivity index (χ4n) is 3.11. The summed E-state index contributed by atoms with van der Waals surface area (Å²) in [6.45, 7) is 5.20. The third kappa shape index (κ3) is 4.08. The van der Waals surface area contributed by atoms with Crippen molar-refractivity contribution in [3.63, 3.8) is 0 Å². The first-order valence-electron chi connectivity index (χ1n) is 8.54. The van der Waals surface area contributed by atoms with E-state index in [9.17, 15) is 20.3 Å². The zero-order chi connectivity index (χ0) is 18.2. The molecule has 2 aromatic rings. The van der Waals surface area contributed by atoms with Crippen molar-refractivity contribution in [1.82, 2.24) is 9.78 Å². The van der Waals surface area contributed by atoms with E-state index in [1.165, 1.54) is 0 Å². The summed E-state index contributed by atoms with van der Waals surface area (Å²) in [6.07, 6.45) is 3.20. The van der Waals surface area contributed by atoms with Crippen LogP contribution in [-0.2, 0) is 6.54 Å². The maximum atomic E-state index is 11.5. The van der Waals surface area contributed by atoms with Gasteiger partial charge in [-0.05, 0) is 39.2 Å². The number of aliphatic hydroxyl groups excluding tert-OH is 1. The lowest BCUT2D eigenvalue weighted by Gasteiger charge is -2.31. The van der Waals surface area contributed by atoms with Gasteiger partial charge in [0.05, 0.1) is 22.1 Å². The van der Waals surface area contributed by atoms with Crippen LogP contribution in [0.2, 0.25) is 0 Å². The number of hydrogen-bond acceptors (Lipinski definition) is 6. The Morgan fingerprint density at radius 1 is 1.36 bits per heavy atom. The van der Waals surface area contributed by atoms with Crippen molar-refractivity contribution >= 4 is 22.3 Å². The molecule has 136 valence electrons. The van der Waals surface area contributed by atoms with Gasteiger partial charge in [0.1, 0.15) is 5.69 Å². The zero-order valence-corrected chi connectivity index (χ0v) is 14.6. The number of nitrogens with zero attached hydrogens (tertiary/aromatic N) is 4. The fraction of sp³-hybridized carbons (Fsp3) is 0.588. The van der Waals surface area contributed by atoms with Crippen LogP contribution in [0.3, 0.4) is 0 Å². The average molecular weight is 348 g/mol. The molecule has 1 aromatic carbocycles. The second-order valence-electron chi connectivity index (χ2n) is 7.33. The largest absolute Gasteiger partial charge is 0.393 e. The Balaban J connectivity index is 1.93. The molecule has 0 bridgehead atoms. The maximum Gasteiger partial charge on any atom is 0.293 e. The van der Waals surface area contributed by atoms with Gasteiger partial charge in [-0.2, -0.15) is 5.10 Å². The summed E-state index contributed by atoms with van der Waals surface area (Å²) in [6, 6.07) is 3.31. The van der Waals surface area contributed by atoms with Crippen molar-refractivity contribution in [2.45, 2.75) is 51.4 Å². The molecule has 2 heterocycles. The predicted octanol–water partition coefficient (Wildman–Crippen LogP) is 2.07. The van der Waals surface area contributed by atoms with Gasteiger partial charge in [0.2, 0.25) is 0 Å². The number of anilines is 1. The highest BCUT2D eigenvalue weighted by molar-refractivity contribution is 5.87. The molecular weight excluding hydrogens is 324 g/mol. The third-order valence-electron chi connectivity index (χ3n) is 4.60. The normalized spacial score (nSPS) is 16.6. The van der Waals surface area contributed by atoms with E-state index in [-0.39, 0.29) is 16.7 Å². The molecule has 2 N–H and O–H groups in total. The minimum absolute atomic E-state index is 0.0610. The zero-order valence-electron chi connectivity index (χ0n) is 14.6. The summed E-state index contributed by atoms with van der Waals surface area (Å²) in [7, 11) is 0. The summed E-state index contributed by atoms with van der Waals surface area (Å²) >= 11 is 0. The average Bonchev–Trinajstić information content (AvgIpc) is 2.94. The summed E-state index contributed by atoms with van der Waals surface area (Å²) in [5.74, 6) is 0. The Kier molecular flexibility index (Phi) is 4.66. The Morgan fingerprint density at radius 3 is 2.64 bits per heavy atom. The molecule has 8 heteroatoms. The topological polar surface area (TPSA) is 105 Å². The molecule has 3 rings (SSSR count). The first-order chi connectivity index (χ1) is 11.7. The third-order valence-corrected chi connectivity index (χ3v) is 4.60. The summed E-state index contributed by atoms with van der Waals surface area (Å²) in [4.78, 5) is 13.1. The lowest BCUT2D eigenvalue weighted by atomic mass is 10.1.